The van der Waals surface area contributed by atoms with E-state index < -0.39 is 4.87 Å². The summed E-state index contributed by atoms with van der Waals surface area (Å²) in [5, 5.41) is 3.53. The average molecular weight is 359 g/mol. The Kier molecular flexibility index (Phi) is 5.53. The van der Waals surface area contributed by atoms with Gasteiger partial charge in [0.05, 0.1) is 4.87 Å². The first-order chi connectivity index (χ1) is 12.0. The van der Waals surface area contributed by atoms with Gasteiger partial charge in [-0.1, -0.05) is 35.9 Å². The molecule has 2 aliphatic rings. The van der Waals surface area contributed by atoms with Crippen LogP contribution in [0.4, 0.5) is 5.69 Å². The van der Waals surface area contributed by atoms with Crippen molar-refractivity contribution in [3.8, 4) is 0 Å². The SMILES string of the molecule is CC1=CC=C(C(N)=O)CC1(Cl)C1CCC(CNc2ccccc2)CC1. The van der Waals surface area contributed by atoms with Crippen molar-refractivity contribution in [2.24, 2.45) is 17.6 Å². The van der Waals surface area contributed by atoms with Crippen LogP contribution in [0.1, 0.15) is 39.0 Å². The molecule has 3 rings (SSSR count). The van der Waals surface area contributed by atoms with Crippen LogP contribution in [0.3, 0.4) is 0 Å². The molecule has 0 aromatic heterocycles. The Morgan fingerprint density at radius 1 is 1.20 bits per heavy atom. The summed E-state index contributed by atoms with van der Waals surface area (Å²) in [6.07, 6.45) is 8.89. The standard InChI is InChI=1S/C21H27ClN2O/c1-15-7-10-17(20(23)25)13-21(15,22)18-11-8-16(9-12-18)14-24-19-5-3-2-4-6-19/h2-7,10,16,18,24H,8-9,11-14H2,1H3,(H2,23,25). The van der Waals surface area contributed by atoms with Gasteiger partial charge in [-0.2, -0.15) is 0 Å². The predicted molar refractivity (Wildman–Crippen MR) is 105 cm³/mol. The normalized spacial score (nSPS) is 29.5. The summed E-state index contributed by atoms with van der Waals surface area (Å²) in [4.78, 5) is 11.1. The number of hydrogen-bond acceptors (Lipinski definition) is 2. The van der Waals surface area contributed by atoms with Crippen molar-refractivity contribution in [3.63, 3.8) is 0 Å². The Balaban J connectivity index is 1.56. The molecule has 0 saturated heterocycles. The molecule has 0 radical (unpaired) electrons. The summed E-state index contributed by atoms with van der Waals surface area (Å²) in [5.74, 6) is 0.728. The van der Waals surface area contributed by atoms with Crippen LogP contribution < -0.4 is 11.1 Å². The van der Waals surface area contributed by atoms with Gasteiger partial charge < -0.3 is 11.1 Å². The molecule has 1 aromatic carbocycles. The largest absolute Gasteiger partial charge is 0.385 e. The number of halogens is 1. The fourth-order valence-electron chi connectivity index (χ4n) is 4.12. The van der Waals surface area contributed by atoms with Crippen molar-refractivity contribution in [3.05, 3.63) is 53.6 Å². The Morgan fingerprint density at radius 3 is 2.52 bits per heavy atom. The van der Waals surface area contributed by atoms with Gasteiger partial charge in [-0.25, -0.2) is 0 Å². The zero-order valence-corrected chi connectivity index (χ0v) is 15.6. The third-order valence-corrected chi connectivity index (χ3v) is 6.56. The number of hydrogen-bond donors (Lipinski definition) is 2. The summed E-state index contributed by atoms with van der Waals surface area (Å²) >= 11 is 7.03. The van der Waals surface area contributed by atoms with Gasteiger partial charge in [0.1, 0.15) is 0 Å². The van der Waals surface area contributed by atoms with E-state index in [4.69, 9.17) is 17.3 Å². The van der Waals surface area contributed by atoms with Gasteiger partial charge in [0, 0.05) is 24.2 Å². The van der Waals surface area contributed by atoms with E-state index in [2.05, 4.69) is 36.5 Å². The number of nitrogens with two attached hydrogens (primary N) is 1. The van der Waals surface area contributed by atoms with Gasteiger partial charge in [-0.05, 0) is 56.6 Å². The number of nitrogens with one attached hydrogen (secondary N) is 1. The van der Waals surface area contributed by atoms with Crippen molar-refractivity contribution in [1.82, 2.24) is 0 Å². The van der Waals surface area contributed by atoms with E-state index in [1.54, 1.807) is 0 Å². The number of allylic oxidation sites excluding steroid dienone is 3. The van der Waals surface area contributed by atoms with Crippen molar-refractivity contribution in [1.29, 1.82) is 0 Å². The van der Waals surface area contributed by atoms with Crippen LogP contribution >= 0.6 is 11.6 Å². The zero-order valence-electron chi connectivity index (χ0n) is 14.8. The van der Waals surface area contributed by atoms with Crippen molar-refractivity contribution >= 4 is 23.2 Å². The fraction of sp³-hybridized carbons (Fsp3) is 0.476. The molecule has 0 aliphatic heterocycles. The number of carbonyl (C=O) groups is 1. The number of para-hydroxylation sites is 1. The highest BCUT2D eigenvalue weighted by Gasteiger charge is 2.42. The molecule has 0 heterocycles. The number of rotatable bonds is 5. The van der Waals surface area contributed by atoms with E-state index >= 15 is 0 Å². The monoisotopic (exact) mass is 358 g/mol. The molecule has 134 valence electrons. The maximum Gasteiger partial charge on any atom is 0.244 e. The lowest BCUT2D eigenvalue weighted by atomic mass is 9.69. The summed E-state index contributed by atoms with van der Waals surface area (Å²) in [6, 6.07) is 10.3. The molecule has 1 saturated carbocycles. The molecule has 1 atom stereocenters. The van der Waals surface area contributed by atoms with Crippen LogP contribution in [0.15, 0.2) is 53.6 Å². The summed E-state index contributed by atoms with van der Waals surface area (Å²) in [5.41, 5.74) is 8.46. The van der Waals surface area contributed by atoms with Gasteiger partial charge in [-0.3, -0.25) is 4.79 Å². The Morgan fingerprint density at radius 2 is 1.88 bits per heavy atom. The molecule has 4 heteroatoms. The summed E-state index contributed by atoms with van der Waals surface area (Å²) in [6.45, 7) is 3.08. The highest BCUT2D eigenvalue weighted by Crippen LogP contribution is 2.48. The van der Waals surface area contributed by atoms with Crippen LogP contribution in [-0.2, 0) is 4.79 Å². The van der Waals surface area contributed by atoms with Crippen LogP contribution in [0.25, 0.3) is 0 Å². The topological polar surface area (TPSA) is 55.1 Å². The molecule has 1 fully saturated rings. The van der Waals surface area contributed by atoms with Gasteiger partial charge in [0.25, 0.3) is 0 Å². The lowest BCUT2D eigenvalue weighted by Gasteiger charge is -2.42. The molecule has 0 bridgehead atoms. The molecule has 1 unspecified atom stereocenters. The molecule has 3 nitrogen and oxygen atoms in total. The van der Waals surface area contributed by atoms with E-state index in [-0.39, 0.29) is 5.91 Å². The predicted octanol–water partition coefficient (Wildman–Crippen LogP) is 4.64. The van der Waals surface area contributed by atoms with Crippen molar-refractivity contribution < 1.29 is 4.79 Å². The van der Waals surface area contributed by atoms with Crippen molar-refractivity contribution in [2.75, 3.05) is 11.9 Å². The van der Waals surface area contributed by atoms with Gasteiger partial charge in [0.2, 0.25) is 5.91 Å². The Bertz CT molecular complexity index is 674. The van der Waals surface area contributed by atoms with Gasteiger partial charge in [0.15, 0.2) is 0 Å². The number of anilines is 1. The fourth-order valence-corrected chi connectivity index (χ4v) is 4.54. The van der Waals surface area contributed by atoms with E-state index in [9.17, 15) is 4.79 Å². The lowest BCUT2D eigenvalue weighted by Crippen LogP contribution is -2.39. The van der Waals surface area contributed by atoms with E-state index in [1.165, 1.54) is 18.5 Å². The van der Waals surface area contributed by atoms with E-state index in [0.717, 1.165) is 25.0 Å². The molecular formula is C21H27ClN2O. The number of carbonyl (C=O) groups excluding carboxylic acids is 1. The highest BCUT2D eigenvalue weighted by molar-refractivity contribution is 6.26. The molecular weight excluding hydrogens is 332 g/mol. The number of primary amides is 1. The first kappa shape index (κ1) is 18.1. The third-order valence-electron chi connectivity index (χ3n) is 5.82. The number of alkyl halides is 1. The maximum absolute atomic E-state index is 11.6. The van der Waals surface area contributed by atoms with Crippen LogP contribution in [0.2, 0.25) is 0 Å². The average Bonchev–Trinajstić information content (AvgIpc) is 2.63. The lowest BCUT2D eigenvalue weighted by molar-refractivity contribution is -0.114. The van der Waals surface area contributed by atoms with Crippen LogP contribution in [0.5, 0.6) is 0 Å². The molecule has 25 heavy (non-hydrogen) atoms. The highest BCUT2D eigenvalue weighted by atomic mass is 35.5. The number of amides is 1. The van der Waals surface area contributed by atoms with E-state index in [1.807, 2.05) is 18.2 Å². The van der Waals surface area contributed by atoms with E-state index in [0.29, 0.717) is 23.8 Å². The first-order valence-electron chi connectivity index (χ1n) is 9.14. The molecule has 1 aromatic rings. The van der Waals surface area contributed by atoms with Gasteiger partial charge >= 0.3 is 0 Å². The number of benzene rings is 1. The second-order valence-electron chi connectivity index (χ2n) is 7.41. The Hall–Kier alpha value is -1.74. The maximum atomic E-state index is 11.6. The summed E-state index contributed by atoms with van der Waals surface area (Å²) in [7, 11) is 0. The van der Waals surface area contributed by atoms with Crippen LogP contribution in [0, 0.1) is 11.8 Å². The molecule has 0 spiro atoms. The quantitative estimate of drug-likeness (QED) is 0.753. The Labute approximate surface area is 155 Å². The minimum absolute atomic E-state index is 0.352. The van der Waals surface area contributed by atoms with Gasteiger partial charge in [-0.15, -0.1) is 11.6 Å². The second-order valence-corrected chi connectivity index (χ2v) is 8.08. The molecule has 3 N–H and O–H groups in total. The minimum atomic E-state index is -0.447. The molecule has 2 aliphatic carbocycles. The zero-order chi connectivity index (χ0) is 17.9. The van der Waals surface area contributed by atoms with Crippen LogP contribution in [-0.4, -0.2) is 17.3 Å². The first-order valence-corrected chi connectivity index (χ1v) is 9.52. The minimum Gasteiger partial charge on any atom is -0.385 e. The van der Waals surface area contributed by atoms with Crippen molar-refractivity contribution in [2.45, 2.75) is 43.9 Å². The second kappa shape index (κ2) is 7.65. The third kappa shape index (κ3) is 4.09. The molecule has 1 amide bonds. The smallest absolute Gasteiger partial charge is 0.244 e. The summed E-state index contributed by atoms with van der Waals surface area (Å²) < 4.78 is 0.